The molecule has 0 aliphatic carbocycles. The molecule has 0 aliphatic heterocycles. The standard InChI is InChI=1S/C14H10BrFN2OS/c15-10-6-3-5-9(12(10)16)14(19)18-11-7-2-1-4-8(11)13(17)20/h1-7H,(H2,17,20)(H,18,19). The summed E-state index contributed by atoms with van der Waals surface area (Å²) in [4.78, 5) is 12.3. The number of carbonyl (C=O) groups excluding carboxylic acids is 1. The Morgan fingerprint density at radius 3 is 2.50 bits per heavy atom. The molecule has 3 N–H and O–H groups in total. The number of anilines is 1. The molecule has 20 heavy (non-hydrogen) atoms. The van der Waals surface area contributed by atoms with Crippen LogP contribution in [0.5, 0.6) is 0 Å². The summed E-state index contributed by atoms with van der Waals surface area (Å²) in [5.74, 6) is -1.18. The van der Waals surface area contributed by atoms with E-state index in [4.69, 9.17) is 18.0 Å². The molecule has 0 atom stereocenters. The Morgan fingerprint density at radius 1 is 1.15 bits per heavy atom. The number of hydrogen-bond acceptors (Lipinski definition) is 2. The average Bonchev–Trinajstić information content (AvgIpc) is 2.42. The van der Waals surface area contributed by atoms with E-state index in [0.717, 1.165) is 0 Å². The van der Waals surface area contributed by atoms with Crippen LogP contribution < -0.4 is 11.1 Å². The molecule has 0 fully saturated rings. The van der Waals surface area contributed by atoms with Crippen molar-refractivity contribution in [1.29, 1.82) is 0 Å². The molecule has 3 nitrogen and oxygen atoms in total. The highest BCUT2D eigenvalue weighted by atomic mass is 79.9. The number of hydrogen-bond donors (Lipinski definition) is 2. The van der Waals surface area contributed by atoms with Crippen LogP contribution >= 0.6 is 28.1 Å². The van der Waals surface area contributed by atoms with E-state index in [0.29, 0.717) is 11.3 Å². The van der Waals surface area contributed by atoms with Crippen LogP contribution in [0, 0.1) is 5.82 Å². The number of halogens is 2. The summed E-state index contributed by atoms with van der Waals surface area (Å²) in [5.41, 5.74) is 6.51. The highest BCUT2D eigenvalue weighted by molar-refractivity contribution is 9.10. The van der Waals surface area contributed by atoms with E-state index < -0.39 is 11.7 Å². The first-order chi connectivity index (χ1) is 9.50. The molecular formula is C14H10BrFN2OS. The topological polar surface area (TPSA) is 55.1 Å². The van der Waals surface area contributed by atoms with Crippen LogP contribution in [0.25, 0.3) is 0 Å². The Balaban J connectivity index is 2.33. The Morgan fingerprint density at radius 2 is 1.80 bits per heavy atom. The molecular weight excluding hydrogens is 343 g/mol. The first-order valence-electron chi connectivity index (χ1n) is 5.65. The summed E-state index contributed by atoms with van der Waals surface area (Å²) >= 11 is 7.95. The van der Waals surface area contributed by atoms with Gasteiger partial charge in [0.1, 0.15) is 10.8 Å². The second kappa shape index (κ2) is 6.11. The van der Waals surface area contributed by atoms with Crippen molar-refractivity contribution < 1.29 is 9.18 Å². The van der Waals surface area contributed by atoms with E-state index >= 15 is 0 Å². The third kappa shape index (κ3) is 3.02. The van der Waals surface area contributed by atoms with Crippen LogP contribution in [0.1, 0.15) is 15.9 Å². The molecule has 1 amide bonds. The van der Waals surface area contributed by atoms with Gasteiger partial charge in [-0.05, 0) is 40.2 Å². The number of carbonyl (C=O) groups is 1. The predicted molar refractivity (Wildman–Crippen MR) is 84.4 cm³/mol. The number of benzene rings is 2. The fourth-order valence-electron chi connectivity index (χ4n) is 1.68. The highest BCUT2D eigenvalue weighted by Crippen LogP contribution is 2.21. The molecule has 0 radical (unpaired) electrons. The number of rotatable bonds is 3. The summed E-state index contributed by atoms with van der Waals surface area (Å²) in [6.45, 7) is 0. The van der Waals surface area contributed by atoms with Gasteiger partial charge in [-0.15, -0.1) is 0 Å². The van der Waals surface area contributed by atoms with Crippen LogP contribution in [-0.2, 0) is 0 Å². The Labute approximate surface area is 129 Å². The van der Waals surface area contributed by atoms with Gasteiger partial charge in [0.05, 0.1) is 15.7 Å². The maximum absolute atomic E-state index is 13.9. The SMILES string of the molecule is NC(=S)c1ccccc1NC(=O)c1cccc(Br)c1F. The summed E-state index contributed by atoms with van der Waals surface area (Å²) in [6.07, 6.45) is 0. The molecule has 0 heterocycles. The number of nitrogens with one attached hydrogen (secondary N) is 1. The summed E-state index contributed by atoms with van der Waals surface area (Å²) in [6, 6.07) is 11.3. The van der Waals surface area contributed by atoms with Crippen LogP contribution in [0.15, 0.2) is 46.9 Å². The lowest BCUT2D eigenvalue weighted by Gasteiger charge is -2.10. The van der Waals surface area contributed by atoms with Crippen molar-refractivity contribution in [2.24, 2.45) is 5.73 Å². The molecule has 6 heteroatoms. The number of amides is 1. The van der Waals surface area contributed by atoms with Gasteiger partial charge in [-0.2, -0.15) is 0 Å². The van der Waals surface area contributed by atoms with Gasteiger partial charge < -0.3 is 11.1 Å². The lowest BCUT2D eigenvalue weighted by atomic mass is 10.1. The van der Waals surface area contributed by atoms with E-state index in [9.17, 15) is 9.18 Å². The monoisotopic (exact) mass is 352 g/mol. The molecule has 2 rings (SSSR count). The van der Waals surface area contributed by atoms with Gasteiger partial charge in [-0.1, -0.05) is 30.4 Å². The van der Waals surface area contributed by atoms with Gasteiger partial charge in [-0.3, -0.25) is 4.79 Å². The van der Waals surface area contributed by atoms with E-state index in [2.05, 4.69) is 21.2 Å². The predicted octanol–water partition coefficient (Wildman–Crippen LogP) is 3.47. The van der Waals surface area contributed by atoms with Crippen LogP contribution in [-0.4, -0.2) is 10.9 Å². The molecule has 0 aromatic heterocycles. The minimum atomic E-state index is -0.613. The van der Waals surface area contributed by atoms with Crippen LogP contribution in [0.4, 0.5) is 10.1 Å². The molecule has 0 unspecified atom stereocenters. The molecule has 102 valence electrons. The van der Waals surface area contributed by atoms with Crippen molar-refractivity contribution >= 4 is 44.7 Å². The quantitative estimate of drug-likeness (QED) is 0.831. The molecule has 0 aliphatic rings. The fourth-order valence-corrected chi connectivity index (χ4v) is 2.22. The van der Waals surface area contributed by atoms with Gasteiger partial charge in [0.25, 0.3) is 5.91 Å². The molecule has 2 aromatic rings. The van der Waals surface area contributed by atoms with E-state index in [1.54, 1.807) is 30.3 Å². The first kappa shape index (κ1) is 14.6. The third-order valence-electron chi connectivity index (χ3n) is 2.64. The highest BCUT2D eigenvalue weighted by Gasteiger charge is 2.15. The van der Waals surface area contributed by atoms with Crippen molar-refractivity contribution in [2.45, 2.75) is 0 Å². The third-order valence-corrected chi connectivity index (χ3v) is 3.47. The molecule has 0 spiro atoms. The van der Waals surface area contributed by atoms with Crippen molar-refractivity contribution in [3.63, 3.8) is 0 Å². The lowest BCUT2D eigenvalue weighted by molar-refractivity contribution is 0.102. The van der Waals surface area contributed by atoms with E-state index in [1.807, 2.05) is 0 Å². The number of para-hydroxylation sites is 1. The summed E-state index contributed by atoms with van der Waals surface area (Å²) in [7, 11) is 0. The zero-order chi connectivity index (χ0) is 14.7. The summed E-state index contributed by atoms with van der Waals surface area (Å²) < 4.78 is 14.1. The zero-order valence-electron chi connectivity index (χ0n) is 10.2. The summed E-state index contributed by atoms with van der Waals surface area (Å²) in [5, 5.41) is 2.61. The van der Waals surface area contributed by atoms with E-state index in [1.165, 1.54) is 12.1 Å². The normalized spacial score (nSPS) is 10.1. The van der Waals surface area contributed by atoms with Gasteiger partial charge >= 0.3 is 0 Å². The Kier molecular flexibility index (Phi) is 4.46. The van der Waals surface area contributed by atoms with Gasteiger partial charge in [0.15, 0.2) is 0 Å². The minimum Gasteiger partial charge on any atom is -0.389 e. The zero-order valence-corrected chi connectivity index (χ0v) is 12.6. The van der Waals surface area contributed by atoms with Gasteiger partial charge in [-0.25, -0.2) is 4.39 Å². The van der Waals surface area contributed by atoms with Crippen molar-refractivity contribution in [1.82, 2.24) is 0 Å². The smallest absolute Gasteiger partial charge is 0.258 e. The van der Waals surface area contributed by atoms with Crippen molar-refractivity contribution in [2.75, 3.05) is 5.32 Å². The van der Waals surface area contributed by atoms with Gasteiger partial charge in [0, 0.05) is 5.56 Å². The molecule has 2 aromatic carbocycles. The van der Waals surface area contributed by atoms with Crippen LogP contribution in [0.2, 0.25) is 0 Å². The maximum Gasteiger partial charge on any atom is 0.258 e. The average molecular weight is 353 g/mol. The van der Waals surface area contributed by atoms with Crippen molar-refractivity contribution in [3.05, 3.63) is 63.9 Å². The minimum absolute atomic E-state index is 0.0582. The Bertz CT molecular complexity index is 691. The number of thiocarbonyl (C=S) groups is 1. The second-order valence-corrected chi connectivity index (χ2v) is 5.26. The molecule has 0 saturated heterocycles. The Hall–Kier alpha value is -1.79. The maximum atomic E-state index is 13.9. The van der Waals surface area contributed by atoms with E-state index in [-0.39, 0.29) is 15.0 Å². The van der Waals surface area contributed by atoms with Gasteiger partial charge in [0.2, 0.25) is 0 Å². The molecule has 0 bridgehead atoms. The molecule has 0 saturated carbocycles. The first-order valence-corrected chi connectivity index (χ1v) is 6.85. The lowest BCUT2D eigenvalue weighted by Crippen LogP contribution is -2.18. The van der Waals surface area contributed by atoms with Crippen molar-refractivity contribution in [3.8, 4) is 0 Å². The fraction of sp³-hybridized carbons (Fsp3) is 0. The largest absolute Gasteiger partial charge is 0.389 e. The number of nitrogens with two attached hydrogens (primary N) is 1. The second-order valence-electron chi connectivity index (χ2n) is 3.97. The van der Waals surface area contributed by atoms with Crippen LogP contribution in [0.3, 0.4) is 0 Å².